The minimum absolute atomic E-state index is 0.890. The van der Waals surface area contributed by atoms with Crippen LogP contribution in [0.2, 0.25) is 0 Å². The zero-order valence-corrected chi connectivity index (χ0v) is 9.10. The van der Waals surface area contributed by atoms with Gasteiger partial charge in [-0.2, -0.15) is 0 Å². The van der Waals surface area contributed by atoms with Crippen LogP contribution in [0.5, 0.6) is 5.75 Å². The molecule has 0 aliphatic carbocycles. The van der Waals surface area contributed by atoms with Gasteiger partial charge in [0.25, 0.3) is 0 Å². The van der Waals surface area contributed by atoms with Gasteiger partial charge in [0.05, 0.1) is 6.61 Å². The molecule has 1 heterocycles. The zero-order chi connectivity index (χ0) is 9.97. The highest BCUT2D eigenvalue weighted by molar-refractivity contribution is 5.46. The van der Waals surface area contributed by atoms with Crippen LogP contribution < -0.4 is 4.74 Å². The van der Waals surface area contributed by atoms with Crippen LogP contribution in [0.15, 0.2) is 12.1 Å². The third-order valence-corrected chi connectivity index (χ3v) is 3.00. The zero-order valence-electron chi connectivity index (χ0n) is 9.10. The van der Waals surface area contributed by atoms with Crippen LogP contribution in [0.4, 0.5) is 0 Å². The van der Waals surface area contributed by atoms with E-state index in [1.165, 1.54) is 41.7 Å². The molecule has 0 fully saturated rings. The Labute approximate surface area is 86.1 Å². The number of fused-ring (bicyclic) bond motifs is 1. The Kier molecular flexibility index (Phi) is 2.76. The van der Waals surface area contributed by atoms with Gasteiger partial charge in [0.15, 0.2) is 0 Å². The first-order valence-electron chi connectivity index (χ1n) is 5.57. The van der Waals surface area contributed by atoms with Gasteiger partial charge in [0.1, 0.15) is 5.75 Å². The normalized spacial score (nSPS) is 15.6. The predicted octanol–water partition coefficient (Wildman–Crippen LogP) is 3.27. The van der Waals surface area contributed by atoms with Gasteiger partial charge in [-0.25, -0.2) is 0 Å². The molecule has 0 radical (unpaired) electrons. The number of rotatable bonds is 1. The molecule has 76 valence electrons. The van der Waals surface area contributed by atoms with Crippen LogP contribution >= 0.6 is 0 Å². The number of ether oxygens (including phenoxy) is 1. The van der Waals surface area contributed by atoms with Gasteiger partial charge in [-0.3, -0.25) is 0 Å². The second kappa shape index (κ2) is 4.04. The molecule has 1 aromatic rings. The van der Waals surface area contributed by atoms with Gasteiger partial charge in [0, 0.05) is 0 Å². The SMILES string of the molecule is CCc1ccc(C)c2c1CCCCO2. The van der Waals surface area contributed by atoms with E-state index in [0.717, 1.165) is 13.0 Å². The second-order valence-electron chi connectivity index (χ2n) is 4.01. The van der Waals surface area contributed by atoms with E-state index in [9.17, 15) is 0 Å². The Morgan fingerprint density at radius 3 is 2.93 bits per heavy atom. The van der Waals surface area contributed by atoms with Crippen molar-refractivity contribution in [1.82, 2.24) is 0 Å². The van der Waals surface area contributed by atoms with Crippen LogP contribution in [-0.4, -0.2) is 6.61 Å². The monoisotopic (exact) mass is 190 g/mol. The lowest BCUT2D eigenvalue weighted by atomic mass is 9.97. The highest BCUT2D eigenvalue weighted by Gasteiger charge is 2.14. The van der Waals surface area contributed by atoms with Crippen molar-refractivity contribution in [3.8, 4) is 5.75 Å². The first-order chi connectivity index (χ1) is 6.83. The molecular weight excluding hydrogens is 172 g/mol. The van der Waals surface area contributed by atoms with Crippen molar-refractivity contribution in [3.63, 3.8) is 0 Å². The maximum Gasteiger partial charge on any atom is 0.125 e. The van der Waals surface area contributed by atoms with Crippen molar-refractivity contribution < 1.29 is 4.74 Å². The quantitative estimate of drug-likeness (QED) is 0.660. The van der Waals surface area contributed by atoms with Gasteiger partial charge in [-0.15, -0.1) is 0 Å². The predicted molar refractivity (Wildman–Crippen MR) is 59.0 cm³/mol. The fourth-order valence-electron chi connectivity index (χ4n) is 2.17. The Balaban J connectivity index is 2.49. The molecule has 0 saturated heterocycles. The summed E-state index contributed by atoms with van der Waals surface area (Å²) in [4.78, 5) is 0. The summed E-state index contributed by atoms with van der Waals surface area (Å²) in [5, 5.41) is 0. The van der Waals surface area contributed by atoms with Crippen LogP contribution in [0, 0.1) is 6.92 Å². The third-order valence-electron chi connectivity index (χ3n) is 3.00. The Morgan fingerprint density at radius 1 is 1.29 bits per heavy atom. The van der Waals surface area contributed by atoms with E-state index in [1.807, 2.05) is 0 Å². The van der Waals surface area contributed by atoms with Crippen LogP contribution in [0.3, 0.4) is 0 Å². The molecule has 0 aromatic heterocycles. The molecule has 2 rings (SSSR count). The van der Waals surface area contributed by atoms with Crippen molar-refractivity contribution in [3.05, 3.63) is 28.8 Å². The lowest BCUT2D eigenvalue weighted by Gasteiger charge is -2.13. The summed E-state index contributed by atoms with van der Waals surface area (Å²) >= 11 is 0. The molecule has 1 aliphatic rings. The average molecular weight is 190 g/mol. The second-order valence-corrected chi connectivity index (χ2v) is 4.01. The van der Waals surface area contributed by atoms with Crippen LogP contribution in [-0.2, 0) is 12.8 Å². The molecule has 1 aromatic carbocycles. The highest BCUT2D eigenvalue weighted by Crippen LogP contribution is 2.31. The van der Waals surface area contributed by atoms with Crippen molar-refractivity contribution in [2.24, 2.45) is 0 Å². The summed E-state index contributed by atoms with van der Waals surface area (Å²) in [7, 11) is 0. The lowest BCUT2D eigenvalue weighted by Crippen LogP contribution is -1.99. The van der Waals surface area contributed by atoms with Crippen LogP contribution in [0.1, 0.15) is 36.5 Å². The molecule has 0 bridgehead atoms. The third kappa shape index (κ3) is 1.63. The van der Waals surface area contributed by atoms with Gasteiger partial charge >= 0.3 is 0 Å². The Morgan fingerprint density at radius 2 is 2.14 bits per heavy atom. The summed E-state index contributed by atoms with van der Waals surface area (Å²) in [6.45, 7) is 5.25. The summed E-state index contributed by atoms with van der Waals surface area (Å²) in [5.74, 6) is 1.17. The van der Waals surface area contributed by atoms with E-state index in [1.54, 1.807) is 0 Å². The highest BCUT2D eigenvalue weighted by atomic mass is 16.5. The lowest BCUT2D eigenvalue weighted by molar-refractivity contribution is 0.314. The van der Waals surface area contributed by atoms with Gasteiger partial charge < -0.3 is 4.74 Å². The molecule has 14 heavy (non-hydrogen) atoms. The van der Waals surface area contributed by atoms with Crippen molar-refractivity contribution in [1.29, 1.82) is 0 Å². The van der Waals surface area contributed by atoms with E-state index in [-0.39, 0.29) is 0 Å². The smallest absolute Gasteiger partial charge is 0.125 e. The van der Waals surface area contributed by atoms with Gasteiger partial charge in [0.2, 0.25) is 0 Å². The number of hydrogen-bond acceptors (Lipinski definition) is 1. The van der Waals surface area contributed by atoms with E-state index in [2.05, 4.69) is 26.0 Å². The minimum Gasteiger partial charge on any atom is -0.493 e. The Bertz CT molecular complexity index is 328. The summed E-state index contributed by atoms with van der Waals surface area (Å²) < 4.78 is 5.82. The summed E-state index contributed by atoms with van der Waals surface area (Å²) in [5.41, 5.74) is 4.22. The van der Waals surface area contributed by atoms with E-state index in [0.29, 0.717) is 0 Å². The first-order valence-corrected chi connectivity index (χ1v) is 5.57. The maximum atomic E-state index is 5.82. The van der Waals surface area contributed by atoms with Crippen molar-refractivity contribution in [2.75, 3.05) is 6.61 Å². The number of hydrogen-bond donors (Lipinski definition) is 0. The molecule has 0 saturated carbocycles. The molecule has 0 spiro atoms. The average Bonchev–Trinajstić information content (AvgIpc) is 2.44. The fourth-order valence-corrected chi connectivity index (χ4v) is 2.17. The van der Waals surface area contributed by atoms with Gasteiger partial charge in [-0.05, 0) is 49.3 Å². The van der Waals surface area contributed by atoms with E-state index >= 15 is 0 Å². The molecule has 1 heteroatoms. The van der Waals surface area contributed by atoms with E-state index in [4.69, 9.17) is 4.74 Å². The van der Waals surface area contributed by atoms with E-state index < -0.39 is 0 Å². The first kappa shape index (κ1) is 9.57. The molecule has 1 nitrogen and oxygen atoms in total. The van der Waals surface area contributed by atoms with Crippen molar-refractivity contribution >= 4 is 0 Å². The summed E-state index contributed by atoms with van der Waals surface area (Å²) in [6.07, 6.45) is 4.77. The topological polar surface area (TPSA) is 9.23 Å². The van der Waals surface area contributed by atoms with Gasteiger partial charge in [-0.1, -0.05) is 19.1 Å². The van der Waals surface area contributed by atoms with Crippen molar-refractivity contribution in [2.45, 2.75) is 39.5 Å². The molecule has 0 unspecified atom stereocenters. The Hall–Kier alpha value is -0.980. The molecule has 0 amide bonds. The summed E-state index contributed by atoms with van der Waals surface area (Å²) in [6, 6.07) is 4.44. The standard InChI is InChI=1S/C13H18O/c1-3-11-8-7-10(2)13-12(11)6-4-5-9-14-13/h7-8H,3-6,9H2,1-2H3. The minimum atomic E-state index is 0.890. The van der Waals surface area contributed by atoms with Crippen LogP contribution in [0.25, 0.3) is 0 Å². The molecule has 0 atom stereocenters. The molecular formula is C13H18O. The molecule has 0 N–H and O–H groups in total. The fraction of sp³-hybridized carbons (Fsp3) is 0.538. The molecule has 1 aliphatic heterocycles. The largest absolute Gasteiger partial charge is 0.493 e. The maximum absolute atomic E-state index is 5.82. The number of aryl methyl sites for hydroxylation is 2. The number of benzene rings is 1.